The van der Waals surface area contributed by atoms with Crippen molar-refractivity contribution >= 4 is 27.6 Å². The van der Waals surface area contributed by atoms with Gasteiger partial charge >= 0.3 is 5.97 Å². The van der Waals surface area contributed by atoms with Crippen molar-refractivity contribution < 1.29 is 17.9 Å². The molecule has 21 heavy (non-hydrogen) atoms. The van der Waals surface area contributed by atoms with Crippen LogP contribution in [0.2, 0.25) is 5.02 Å². The molecule has 1 aliphatic rings. The molecule has 1 heterocycles. The predicted octanol–water partition coefficient (Wildman–Crippen LogP) is 1.11. The molecule has 1 aliphatic heterocycles. The third-order valence-corrected chi connectivity index (χ3v) is 5.49. The van der Waals surface area contributed by atoms with Crippen molar-refractivity contribution in [2.75, 3.05) is 26.7 Å². The molecule has 1 N–H and O–H groups in total. The molecular formula is C13H17ClN2O4S. The lowest BCUT2D eigenvalue weighted by atomic mass is 10.2. The van der Waals surface area contributed by atoms with E-state index in [4.69, 9.17) is 11.6 Å². The number of methoxy groups -OCH3 is 1. The molecule has 0 amide bonds. The van der Waals surface area contributed by atoms with E-state index in [0.29, 0.717) is 19.6 Å². The number of carbonyl (C=O) groups excluding carboxylic acids is 1. The average Bonchev–Trinajstić information content (AvgIpc) is 2.46. The second-order valence-corrected chi connectivity index (χ2v) is 7.20. The second kappa shape index (κ2) is 6.31. The van der Waals surface area contributed by atoms with Crippen LogP contribution < -0.4 is 5.32 Å². The Hall–Kier alpha value is -1.15. The number of halogens is 1. The fourth-order valence-electron chi connectivity index (χ4n) is 2.20. The number of sulfonamides is 1. The summed E-state index contributed by atoms with van der Waals surface area (Å²) in [4.78, 5) is 11.5. The highest BCUT2D eigenvalue weighted by atomic mass is 35.5. The Morgan fingerprint density at radius 3 is 2.76 bits per heavy atom. The molecule has 8 heteroatoms. The third kappa shape index (κ3) is 3.37. The number of carbonyl (C=O) groups is 1. The van der Waals surface area contributed by atoms with Gasteiger partial charge in [-0.05, 0) is 25.1 Å². The normalized spacial score (nSPS) is 20.2. The summed E-state index contributed by atoms with van der Waals surface area (Å²) in [6.45, 7) is 3.34. The molecule has 116 valence electrons. The first-order valence-corrected chi connectivity index (χ1v) is 8.29. The molecule has 0 radical (unpaired) electrons. The Labute approximate surface area is 129 Å². The van der Waals surface area contributed by atoms with Crippen molar-refractivity contribution in [2.45, 2.75) is 17.9 Å². The highest BCUT2D eigenvalue weighted by Gasteiger charge is 2.29. The molecule has 0 spiro atoms. The first kappa shape index (κ1) is 16.2. The van der Waals surface area contributed by atoms with Gasteiger partial charge in [0.25, 0.3) is 0 Å². The van der Waals surface area contributed by atoms with Gasteiger partial charge < -0.3 is 10.1 Å². The van der Waals surface area contributed by atoms with Crippen LogP contribution in [0.25, 0.3) is 0 Å². The smallest absolute Gasteiger partial charge is 0.339 e. The van der Waals surface area contributed by atoms with Gasteiger partial charge in [-0.3, -0.25) is 0 Å². The van der Waals surface area contributed by atoms with E-state index in [2.05, 4.69) is 10.1 Å². The summed E-state index contributed by atoms with van der Waals surface area (Å²) in [6, 6.07) is 4.13. The number of hydrogen-bond acceptors (Lipinski definition) is 5. The van der Waals surface area contributed by atoms with Crippen LogP contribution in [0.15, 0.2) is 23.1 Å². The molecule has 1 aromatic carbocycles. The second-order valence-electron chi connectivity index (χ2n) is 4.85. The van der Waals surface area contributed by atoms with Crippen LogP contribution in [0.3, 0.4) is 0 Å². The molecule has 1 aromatic rings. The lowest BCUT2D eigenvalue weighted by Crippen LogP contribution is -2.51. The number of benzene rings is 1. The van der Waals surface area contributed by atoms with Gasteiger partial charge in [-0.25, -0.2) is 13.2 Å². The topological polar surface area (TPSA) is 75.7 Å². The van der Waals surface area contributed by atoms with Gasteiger partial charge in [0.05, 0.1) is 22.6 Å². The lowest BCUT2D eigenvalue weighted by Gasteiger charge is -2.31. The van der Waals surface area contributed by atoms with E-state index >= 15 is 0 Å². The maximum Gasteiger partial charge on any atom is 0.339 e. The van der Waals surface area contributed by atoms with E-state index in [1.165, 1.54) is 29.6 Å². The van der Waals surface area contributed by atoms with Crippen molar-refractivity contribution in [1.29, 1.82) is 0 Å². The van der Waals surface area contributed by atoms with E-state index in [-0.39, 0.29) is 21.5 Å². The average molecular weight is 333 g/mol. The molecule has 6 nitrogen and oxygen atoms in total. The van der Waals surface area contributed by atoms with Crippen LogP contribution in [-0.4, -0.2) is 51.5 Å². The van der Waals surface area contributed by atoms with Crippen LogP contribution in [0.4, 0.5) is 0 Å². The molecule has 2 rings (SSSR count). The van der Waals surface area contributed by atoms with E-state index in [1.807, 2.05) is 6.92 Å². The van der Waals surface area contributed by atoms with Gasteiger partial charge in [-0.15, -0.1) is 0 Å². The Balaban J connectivity index is 2.32. The van der Waals surface area contributed by atoms with Gasteiger partial charge in [0.2, 0.25) is 10.0 Å². The summed E-state index contributed by atoms with van der Waals surface area (Å²) in [5, 5.41) is 3.25. The van der Waals surface area contributed by atoms with Gasteiger partial charge in [-0.2, -0.15) is 4.31 Å². The molecule has 0 aliphatic carbocycles. The number of hydrogen-bond donors (Lipinski definition) is 1. The Kier molecular flexibility index (Phi) is 4.88. The Morgan fingerprint density at radius 2 is 2.19 bits per heavy atom. The van der Waals surface area contributed by atoms with Gasteiger partial charge in [0.1, 0.15) is 0 Å². The highest BCUT2D eigenvalue weighted by molar-refractivity contribution is 7.89. The summed E-state index contributed by atoms with van der Waals surface area (Å²) in [7, 11) is -2.37. The monoisotopic (exact) mass is 332 g/mol. The number of esters is 1. The summed E-state index contributed by atoms with van der Waals surface area (Å²) in [5.41, 5.74) is 0.145. The quantitative estimate of drug-likeness (QED) is 0.839. The minimum atomic E-state index is -3.61. The number of piperazine rings is 1. The summed E-state index contributed by atoms with van der Waals surface area (Å²) in [5.74, 6) is -0.597. The van der Waals surface area contributed by atoms with Crippen molar-refractivity contribution in [1.82, 2.24) is 9.62 Å². The van der Waals surface area contributed by atoms with Crippen molar-refractivity contribution in [2.24, 2.45) is 0 Å². The molecule has 0 saturated carbocycles. The highest BCUT2D eigenvalue weighted by Crippen LogP contribution is 2.24. The van der Waals surface area contributed by atoms with Crippen LogP contribution in [-0.2, 0) is 14.8 Å². The molecule has 1 fully saturated rings. The van der Waals surface area contributed by atoms with Crippen LogP contribution in [0.1, 0.15) is 17.3 Å². The number of nitrogens with one attached hydrogen (secondary N) is 1. The van der Waals surface area contributed by atoms with E-state index in [0.717, 1.165) is 0 Å². The molecular weight excluding hydrogens is 316 g/mol. The molecule has 1 saturated heterocycles. The van der Waals surface area contributed by atoms with Gasteiger partial charge in [0.15, 0.2) is 0 Å². The third-order valence-electron chi connectivity index (χ3n) is 3.32. The van der Waals surface area contributed by atoms with Gasteiger partial charge in [0, 0.05) is 25.7 Å². The largest absolute Gasteiger partial charge is 0.465 e. The first-order chi connectivity index (χ1) is 9.86. The zero-order valence-electron chi connectivity index (χ0n) is 11.8. The van der Waals surface area contributed by atoms with Crippen molar-refractivity contribution in [3.8, 4) is 0 Å². The zero-order chi connectivity index (χ0) is 15.6. The Bertz CT molecular complexity index is 648. The SMILES string of the molecule is COC(=O)c1ccc(S(=O)(=O)N2CCNC(C)C2)cc1Cl. The molecule has 0 aromatic heterocycles. The maximum atomic E-state index is 12.6. The van der Waals surface area contributed by atoms with Crippen LogP contribution in [0, 0.1) is 0 Å². The molecule has 1 unspecified atom stereocenters. The summed E-state index contributed by atoms with van der Waals surface area (Å²) in [6.07, 6.45) is 0. The lowest BCUT2D eigenvalue weighted by molar-refractivity contribution is 0.0601. The van der Waals surface area contributed by atoms with Crippen molar-refractivity contribution in [3.63, 3.8) is 0 Å². The van der Waals surface area contributed by atoms with Crippen LogP contribution in [0.5, 0.6) is 0 Å². The maximum absolute atomic E-state index is 12.6. The van der Waals surface area contributed by atoms with Crippen molar-refractivity contribution in [3.05, 3.63) is 28.8 Å². The van der Waals surface area contributed by atoms with Crippen LogP contribution >= 0.6 is 11.6 Å². The zero-order valence-corrected chi connectivity index (χ0v) is 13.4. The molecule has 0 bridgehead atoms. The number of ether oxygens (including phenoxy) is 1. The van der Waals surface area contributed by atoms with E-state index in [9.17, 15) is 13.2 Å². The standard InChI is InChI=1S/C13H17ClN2O4S/c1-9-8-16(6-5-15-9)21(18,19)10-3-4-11(12(14)7-10)13(17)20-2/h3-4,7,9,15H,5-6,8H2,1-2H3. The first-order valence-electron chi connectivity index (χ1n) is 6.47. The van der Waals surface area contributed by atoms with Gasteiger partial charge in [-0.1, -0.05) is 11.6 Å². The van der Waals surface area contributed by atoms with E-state index < -0.39 is 16.0 Å². The Morgan fingerprint density at radius 1 is 1.48 bits per heavy atom. The van der Waals surface area contributed by atoms with E-state index in [1.54, 1.807) is 0 Å². The fourth-order valence-corrected chi connectivity index (χ4v) is 4.07. The predicted molar refractivity (Wildman–Crippen MR) is 79.0 cm³/mol. The summed E-state index contributed by atoms with van der Waals surface area (Å²) >= 11 is 5.98. The minimum Gasteiger partial charge on any atom is -0.465 e. The fraction of sp³-hybridized carbons (Fsp3) is 0.462. The minimum absolute atomic E-state index is 0.0612. The number of nitrogens with zero attached hydrogens (tertiary/aromatic N) is 1. The summed E-state index contributed by atoms with van der Waals surface area (Å²) < 4.78 is 31.1. The number of rotatable bonds is 3. The molecule has 1 atom stereocenters.